The molecule has 0 atom stereocenters. The number of nitrogens with one attached hydrogen (secondary N) is 2. The molecule has 0 saturated carbocycles. The molecule has 0 spiro atoms. The Balaban J connectivity index is 1.85. The number of aryl methyl sites for hydroxylation is 1. The summed E-state index contributed by atoms with van der Waals surface area (Å²) in [6.45, 7) is 2.05. The molecule has 0 heterocycles. The van der Waals surface area contributed by atoms with Crippen molar-refractivity contribution >= 4 is 23.2 Å². The molecule has 114 valence electrons. The lowest BCUT2D eigenvalue weighted by Gasteiger charge is -2.07. The van der Waals surface area contributed by atoms with Gasteiger partial charge in [0.05, 0.1) is 0 Å². The summed E-state index contributed by atoms with van der Waals surface area (Å²) in [5.41, 5.74) is 2.27. The standard InChI is InChI=1S/C17H17FN2O2/c1-2-12-3-7-14(8-4-12)19-16(21)11-17(22)20-15-9-5-13(18)6-10-15/h3-10H,2,11H2,1H3,(H,19,21)(H,20,22). The molecule has 0 aliphatic carbocycles. The zero-order valence-electron chi connectivity index (χ0n) is 12.2. The molecule has 0 saturated heterocycles. The number of rotatable bonds is 5. The fourth-order valence-electron chi connectivity index (χ4n) is 1.91. The second-order valence-corrected chi connectivity index (χ2v) is 4.83. The van der Waals surface area contributed by atoms with Gasteiger partial charge in [0.25, 0.3) is 0 Å². The predicted octanol–water partition coefficient (Wildman–Crippen LogP) is 3.36. The third-order valence-corrected chi connectivity index (χ3v) is 3.10. The van der Waals surface area contributed by atoms with Crippen molar-refractivity contribution in [2.75, 3.05) is 10.6 Å². The molecule has 0 unspecified atom stereocenters. The molecule has 2 rings (SSSR count). The van der Waals surface area contributed by atoms with Crippen LogP contribution in [0.1, 0.15) is 18.9 Å². The van der Waals surface area contributed by atoms with Gasteiger partial charge < -0.3 is 10.6 Å². The molecule has 0 bridgehead atoms. The Morgan fingerprint density at radius 2 is 1.32 bits per heavy atom. The van der Waals surface area contributed by atoms with Crippen molar-refractivity contribution in [1.82, 2.24) is 0 Å². The first-order chi connectivity index (χ1) is 10.6. The van der Waals surface area contributed by atoms with Crippen molar-refractivity contribution in [2.45, 2.75) is 19.8 Å². The van der Waals surface area contributed by atoms with Crippen LogP contribution in [0.5, 0.6) is 0 Å². The van der Waals surface area contributed by atoms with Gasteiger partial charge in [0.2, 0.25) is 11.8 Å². The first kappa shape index (κ1) is 15.7. The van der Waals surface area contributed by atoms with Crippen molar-refractivity contribution in [2.24, 2.45) is 0 Å². The third kappa shape index (κ3) is 4.70. The van der Waals surface area contributed by atoms with E-state index in [9.17, 15) is 14.0 Å². The van der Waals surface area contributed by atoms with E-state index in [2.05, 4.69) is 10.6 Å². The van der Waals surface area contributed by atoms with E-state index in [-0.39, 0.29) is 12.2 Å². The summed E-state index contributed by atoms with van der Waals surface area (Å²) in [4.78, 5) is 23.5. The Hall–Kier alpha value is -2.69. The molecule has 0 radical (unpaired) electrons. The van der Waals surface area contributed by atoms with E-state index in [1.165, 1.54) is 29.8 Å². The smallest absolute Gasteiger partial charge is 0.233 e. The number of benzene rings is 2. The number of hydrogen-bond donors (Lipinski definition) is 2. The highest BCUT2D eigenvalue weighted by Gasteiger charge is 2.10. The highest BCUT2D eigenvalue weighted by atomic mass is 19.1. The van der Waals surface area contributed by atoms with Crippen molar-refractivity contribution in [3.05, 3.63) is 59.9 Å². The molecule has 0 fully saturated rings. The van der Waals surface area contributed by atoms with Gasteiger partial charge in [-0.3, -0.25) is 9.59 Å². The van der Waals surface area contributed by atoms with E-state index in [0.29, 0.717) is 11.4 Å². The third-order valence-electron chi connectivity index (χ3n) is 3.10. The van der Waals surface area contributed by atoms with Crippen LogP contribution in [0.4, 0.5) is 15.8 Å². The monoisotopic (exact) mass is 300 g/mol. The molecule has 2 aromatic rings. The lowest BCUT2D eigenvalue weighted by molar-refractivity contribution is -0.123. The maximum absolute atomic E-state index is 12.8. The van der Waals surface area contributed by atoms with Gasteiger partial charge in [-0.05, 0) is 48.4 Å². The second kappa shape index (κ2) is 7.36. The highest BCUT2D eigenvalue weighted by molar-refractivity contribution is 6.08. The summed E-state index contributed by atoms with van der Waals surface area (Å²) in [5.74, 6) is -1.23. The molecule has 5 heteroatoms. The lowest BCUT2D eigenvalue weighted by Crippen LogP contribution is -2.21. The van der Waals surface area contributed by atoms with Crippen LogP contribution in [0, 0.1) is 5.82 Å². The topological polar surface area (TPSA) is 58.2 Å². The van der Waals surface area contributed by atoms with Gasteiger partial charge in [-0.2, -0.15) is 0 Å². The van der Waals surface area contributed by atoms with Crippen molar-refractivity contribution in [3.63, 3.8) is 0 Å². The molecule has 2 aromatic carbocycles. The van der Waals surface area contributed by atoms with E-state index >= 15 is 0 Å². The Kier molecular flexibility index (Phi) is 5.25. The minimum atomic E-state index is -0.450. The van der Waals surface area contributed by atoms with Crippen LogP contribution in [0.25, 0.3) is 0 Å². The van der Waals surface area contributed by atoms with E-state index in [0.717, 1.165) is 6.42 Å². The van der Waals surface area contributed by atoms with Crippen molar-refractivity contribution in [3.8, 4) is 0 Å². The average molecular weight is 300 g/mol. The van der Waals surface area contributed by atoms with Crippen LogP contribution >= 0.6 is 0 Å². The highest BCUT2D eigenvalue weighted by Crippen LogP contribution is 2.11. The Bertz CT molecular complexity index is 651. The van der Waals surface area contributed by atoms with E-state index in [4.69, 9.17) is 0 Å². The average Bonchev–Trinajstić information content (AvgIpc) is 2.50. The molecule has 2 amide bonds. The number of hydrogen-bond acceptors (Lipinski definition) is 2. The Morgan fingerprint density at radius 1 is 0.864 bits per heavy atom. The van der Waals surface area contributed by atoms with E-state index in [1.54, 1.807) is 12.1 Å². The quantitative estimate of drug-likeness (QED) is 0.832. The maximum Gasteiger partial charge on any atom is 0.233 e. The van der Waals surface area contributed by atoms with Gasteiger partial charge in [-0.1, -0.05) is 19.1 Å². The second-order valence-electron chi connectivity index (χ2n) is 4.83. The summed E-state index contributed by atoms with van der Waals surface area (Å²) in [5, 5.41) is 5.20. The molecule has 0 aromatic heterocycles. The molecular weight excluding hydrogens is 283 g/mol. The zero-order chi connectivity index (χ0) is 15.9. The van der Waals surface area contributed by atoms with Gasteiger partial charge in [0.15, 0.2) is 0 Å². The number of carbonyl (C=O) groups is 2. The van der Waals surface area contributed by atoms with Crippen molar-refractivity contribution in [1.29, 1.82) is 0 Å². The van der Waals surface area contributed by atoms with Gasteiger partial charge >= 0.3 is 0 Å². The molecule has 0 aliphatic rings. The molecule has 22 heavy (non-hydrogen) atoms. The summed E-state index contributed by atoms with van der Waals surface area (Å²) in [6, 6.07) is 12.8. The minimum absolute atomic E-state index is 0.299. The van der Waals surface area contributed by atoms with Crippen LogP contribution in [0.3, 0.4) is 0 Å². The summed E-state index contributed by atoms with van der Waals surface area (Å²) in [7, 11) is 0. The van der Waals surface area contributed by atoms with E-state index < -0.39 is 11.8 Å². The summed E-state index contributed by atoms with van der Waals surface area (Å²) >= 11 is 0. The van der Waals surface area contributed by atoms with Crippen LogP contribution in [-0.4, -0.2) is 11.8 Å². The molecular formula is C17H17FN2O2. The first-order valence-corrected chi connectivity index (χ1v) is 7.01. The Labute approximate surface area is 128 Å². The molecule has 4 nitrogen and oxygen atoms in total. The number of amides is 2. The van der Waals surface area contributed by atoms with Crippen molar-refractivity contribution < 1.29 is 14.0 Å². The predicted molar refractivity (Wildman–Crippen MR) is 84.1 cm³/mol. The molecule has 2 N–H and O–H groups in total. The van der Waals surface area contributed by atoms with Crippen LogP contribution in [-0.2, 0) is 16.0 Å². The maximum atomic E-state index is 12.8. The number of halogens is 1. The number of carbonyl (C=O) groups excluding carboxylic acids is 2. The number of anilines is 2. The summed E-state index contributed by atoms with van der Waals surface area (Å²) < 4.78 is 12.8. The van der Waals surface area contributed by atoms with Gasteiger partial charge in [0.1, 0.15) is 12.2 Å². The largest absolute Gasteiger partial charge is 0.326 e. The minimum Gasteiger partial charge on any atom is -0.326 e. The zero-order valence-corrected chi connectivity index (χ0v) is 12.2. The van der Waals surface area contributed by atoms with Gasteiger partial charge in [-0.25, -0.2) is 4.39 Å². The van der Waals surface area contributed by atoms with Crippen LogP contribution in [0.15, 0.2) is 48.5 Å². The fourth-order valence-corrected chi connectivity index (χ4v) is 1.91. The first-order valence-electron chi connectivity index (χ1n) is 7.01. The fraction of sp³-hybridized carbons (Fsp3) is 0.176. The van der Waals surface area contributed by atoms with Gasteiger partial charge in [0, 0.05) is 11.4 Å². The van der Waals surface area contributed by atoms with Crippen LogP contribution < -0.4 is 10.6 Å². The summed E-state index contributed by atoms with van der Waals surface area (Å²) in [6.07, 6.45) is 0.626. The Morgan fingerprint density at radius 3 is 1.77 bits per heavy atom. The van der Waals surface area contributed by atoms with E-state index in [1.807, 2.05) is 19.1 Å². The molecule has 0 aliphatic heterocycles. The van der Waals surface area contributed by atoms with Gasteiger partial charge in [-0.15, -0.1) is 0 Å². The normalized spacial score (nSPS) is 10.1. The lowest BCUT2D eigenvalue weighted by atomic mass is 10.1. The SMILES string of the molecule is CCc1ccc(NC(=O)CC(=O)Nc2ccc(F)cc2)cc1. The van der Waals surface area contributed by atoms with Crippen LogP contribution in [0.2, 0.25) is 0 Å².